The van der Waals surface area contributed by atoms with Crippen LogP contribution in [0.4, 0.5) is 15.2 Å². The van der Waals surface area contributed by atoms with Crippen molar-refractivity contribution in [2.45, 2.75) is 20.3 Å². The van der Waals surface area contributed by atoms with Crippen LogP contribution >= 0.6 is 11.3 Å². The summed E-state index contributed by atoms with van der Waals surface area (Å²) in [6, 6.07) is 11.5. The molecular formula is C22H21FN4O3S. The first kappa shape index (κ1) is 22.1. The van der Waals surface area contributed by atoms with Gasteiger partial charge in [-0.05, 0) is 36.8 Å². The number of carbonyl (C=O) groups is 3. The van der Waals surface area contributed by atoms with Gasteiger partial charge in [-0.2, -0.15) is 0 Å². The fourth-order valence-electron chi connectivity index (χ4n) is 2.85. The molecule has 0 aliphatic carbocycles. The number of anilines is 2. The minimum Gasteiger partial charge on any atom is -0.352 e. The second-order valence-electron chi connectivity index (χ2n) is 6.78. The SMILES string of the molecule is CC(=O)Nc1ccc(-c2csc(NC(=O)CCNC(=O)c3ccccc3C)n2)c(F)c1. The molecule has 3 aromatic rings. The molecule has 0 bridgehead atoms. The van der Waals surface area contributed by atoms with Gasteiger partial charge in [-0.1, -0.05) is 18.2 Å². The molecule has 0 atom stereocenters. The third-order valence-electron chi connectivity index (χ3n) is 4.34. The average Bonchev–Trinajstić information content (AvgIpc) is 3.15. The maximum atomic E-state index is 14.4. The maximum Gasteiger partial charge on any atom is 0.251 e. The summed E-state index contributed by atoms with van der Waals surface area (Å²) in [5.41, 5.74) is 2.41. The number of carbonyl (C=O) groups excluding carboxylic acids is 3. The van der Waals surface area contributed by atoms with Gasteiger partial charge in [-0.3, -0.25) is 14.4 Å². The summed E-state index contributed by atoms with van der Waals surface area (Å²) in [4.78, 5) is 39.6. The molecule has 0 unspecified atom stereocenters. The lowest BCUT2D eigenvalue weighted by Crippen LogP contribution is -2.28. The van der Waals surface area contributed by atoms with E-state index >= 15 is 0 Å². The minimum absolute atomic E-state index is 0.0757. The standard InChI is InChI=1S/C22H21FN4O3S/c1-13-5-3-4-6-16(13)21(30)24-10-9-20(29)27-22-26-19(12-31-22)17-8-7-15(11-18(17)23)25-14(2)28/h3-8,11-12H,9-10H2,1-2H3,(H,24,30)(H,25,28)(H,26,27,29). The summed E-state index contributed by atoms with van der Waals surface area (Å²) in [6.45, 7) is 3.36. The number of rotatable bonds is 7. The predicted octanol–water partition coefficient (Wildman–Crippen LogP) is 3.97. The zero-order valence-electron chi connectivity index (χ0n) is 17.0. The fraction of sp³-hybridized carbons (Fsp3) is 0.182. The molecule has 7 nitrogen and oxygen atoms in total. The number of aryl methyl sites for hydroxylation is 1. The molecule has 31 heavy (non-hydrogen) atoms. The molecule has 0 fully saturated rings. The lowest BCUT2D eigenvalue weighted by molar-refractivity contribution is -0.116. The number of hydrogen-bond acceptors (Lipinski definition) is 5. The van der Waals surface area contributed by atoms with E-state index in [4.69, 9.17) is 0 Å². The highest BCUT2D eigenvalue weighted by atomic mass is 32.1. The van der Waals surface area contributed by atoms with Gasteiger partial charge in [0.2, 0.25) is 11.8 Å². The zero-order chi connectivity index (χ0) is 22.4. The highest BCUT2D eigenvalue weighted by Gasteiger charge is 2.13. The van der Waals surface area contributed by atoms with E-state index in [9.17, 15) is 18.8 Å². The Morgan fingerprint density at radius 1 is 1.10 bits per heavy atom. The molecule has 0 aliphatic heterocycles. The summed E-state index contributed by atoms with van der Waals surface area (Å²) in [7, 11) is 0. The summed E-state index contributed by atoms with van der Waals surface area (Å²) in [6.07, 6.45) is 0.0757. The fourth-order valence-corrected chi connectivity index (χ4v) is 3.58. The van der Waals surface area contributed by atoms with E-state index in [1.807, 2.05) is 19.1 Å². The highest BCUT2D eigenvalue weighted by Crippen LogP contribution is 2.28. The van der Waals surface area contributed by atoms with Gasteiger partial charge in [0.25, 0.3) is 5.91 Å². The van der Waals surface area contributed by atoms with Gasteiger partial charge < -0.3 is 16.0 Å². The van der Waals surface area contributed by atoms with E-state index in [1.165, 1.54) is 30.4 Å². The number of thiazole rings is 1. The van der Waals surface area contributed by atoms with E-state index in [1.54, 1.807) is 23.6 Å². The van der Waals surface area contributed by atoms with Crippen molar-refractivity contribution in [2.24, 2.45) is 0 Å². The number of halogens is 1. The van der Waals surface area contributed by atoms with Crippen LogP contribution < -0.4 is 16.0 Å². The number of hydrogen-bond donors (Lipinski definition) is 3. The van der Waals surface area contributed by atoms with E-state index < -0.39 is 5.82 Å². The van der Waals surface area contributed by atoms with Crippen LogP contribution in [0.15, 0.2) is 47.8 Å². The van der Waals surface area contributed by atoms with Crippen LogP contribution in [-0.4, -0.2) is 29.3 Å². The van der Waals surface area contributed by atoms with Crippen molar-refractivity contribution in [3.05, 3.63) is 64.8 Å². The molecule has 3 amide bonds. The van der Waals surface area contributed by atoms with Crippen molar-refractivity contribution in [3.63, 3.8) is 0 Å². The Bertz CT molecular complexity index is 1130. The monoisotopic (exact) mass is 440 g/mol. The van der Waals surface area contributed by atoms with Crippen LogP contribution in [0.1, 0.15) is 29.3 Å². The Kier molecular flexibility index (Phi) is 7.09. The number of benzene rings is 2. The third-order valence-corrected chi connectivity index (χ3v) is 5.10. The third kappa shape index (κ3) is 5.95. The van der Waals surface area contributed by atoms with Gasteiger partial charge in [0.1, 0.15) is 5.82 Å². The van der Waals surface area contributed by atoms with Gasteiger partial charge >= 0.3 is 0 Å². The van der Waals surface area contributed by atoms with Crippen molar-refractivity contribution in [3.8, 4) is 11.3 Å². The van der Waals surface area contributed by atoms with Gasteiger partial charge in [-0.25, -0.2) is 9.37 Å². The minimum atomic E-state index is -0.534. The second kappa shape index (κ2) is 9.94. The highest BCUT2D eigenvalue weighted by molar-refractivity contribution is 7.14. The summed E-state index contributed by atoms with van der Waals surface area (Å²) in [5.74, 6) is -1.37. The Morgan fingerprint density at radius 3 is 2.58 bits per heavy atom. The van der Waals surface area contributed by atoms with Gasteiger partial charge in [0.15, 0.2) is 5.13 Å². The van der Waals surface area contributed by atoms with Gasteiger partial charge in [-0.15, -0.1) is 11.3 Å². The number of aromatic nitrogens is 1. The molecule has 3 rings (SSSR count). The van der Waals surface area contributed by atoms with Gasteiger partial charge in [0.05, 0.1) is 5.69 Å². The van der Waals surface area contributed by atoms with Crippen LogP contribution in [-0.2, 0) is 9.59 Å². The first-order chi connectivity index (χ1) is 14.8. The number of nitrogens with one attached hydrogen (secondary N) is 3. The number of nitrogens with zero attached hydrogens (tertiary/aromatic N) is 1. The Morgan fingerprint density at radius 2 is 1.87 bits per heavy atom. The van der Waals surface area contributed by atoms with Crippen molar-refractivity contribution in [1.29, 1.82) is 0 Å². The first-order valence-corrected chi connectivity index (χ1v) is 10.4. The normalized spacial score (nSPS) is 10.4. The average molecular weight is 441 g/mol. The molecule has 160 valence electrons. The molecule has 3 N–H and O–H groups in total. The summed E-state index contributed by atoms with van der Waals surface area (Å²) < 4.78 is 14.4. The summed E-state index contributed by atoms with van der Waals surface area (Å²) in [5, 5.41) is 9.84. The van der Waals surface area contributed by atoms with E-state index in [-0.39, 0.29) is 36.3 Å². The maximum absolute atomic E-state index is 14.4. The molecule has 0 saturated heterocycles. The van der Waals surface area contributed by atoms with Crippen LogP contribution in [0.3, 0.4) is 0 Å². The van der Waals surface area contributed by atoms with Crippen LogP contribution in [0, 0.1) is 12.7 Å². The van der Waals surface area contributed by atoms with Crippen molar-refractivity contribution < 1.29 is 18.8 Å². The van der Waals surface area contributed by atoms with E-state index in [0.29, 0.717) is 22.1 Å². The smallest absolute Gasteiger partial charge is 0.251 e. The zero-order valence-corrected chi connectivity index (χ0v) is 17.8. The van der Waals surface area contributed by atoms with Crippen molar-refractivity contribution in [1.82, 2.24) is 10.3 Å². The molecular weight excluding hydrogens is 419 g/mol. The van der Waals surface area contributed by atoms with Crippen molar-refractivity contribution >= 4 is 39.9 Å². The molecule has 2 aromatic carbocycles. The topological polar surface area (TPSA) is 100 Å². The molecule has 0 aliphatic rings. The Hall–Kier alpha value is -3.59. The number of amides is 3. The molecule has 0 spiro atoms. The van der Waals surface area contributed by atoms with Crippen LogP contribution in [0.25, 0.3) is 11.3 Å². The van der Waals surface area contributed by atoms with Gasteiger partial charge in [0, 0.05) is 42.1 Å². The predicted molar refractivity (Wildman–Crippen MR) is 119 cm³/mol. The van der Waals surface area contributed by atoms with Crippen molar-refractivity contribution in [2.75, 3.05) is 17.2 Å². The quantitative estimate of drug-likeness (QED) is 0.517. The van der Waals surface area contributed by atoms with E-state index in [2.05, 4.69) is 20.9 Å². The largest absolute Gasteiger partial charge is 0.352 e. The molecule has 1 heterocycles. The molecule has 1 aromatic heterocycles. The Labute approximate surface area is 182 Å². The molecule has 0 radical (unpaired) electrons. The first-order valence-electron chi connectivity index (χ1n) is 9.50. The second-order valence-corrected chi connectivity index (χ2v) is 7.64. The summed E-state index contributed by atoms with van der Waals surface area (Å²) >= 11 is 1.17. The molecule has 0 saturated carbocycles. The lowest BCUT2D eigenvalue weighted by Gasteiger charge is -2.07. The molecule has 9 heteroatoms. The lowest BCUT2D eigenvalue weighted by atomic mass is 10.1. The van der Waals surface area contributed by atoms with E-state index in [0.717, 1.165) is 5.56 Å². The van der Waals surface area contributed by atoms with Crippen LogP contribution in [0.2, 0.25) is 0 Å². The van der Waals surface area contributed by atoms with Crippen LogP contribution in [0.5, 0.6) is 0 Å². The Balaban J connectivity index is 1.54.